The molecule has 5 nitrogen and oxygen atoms in total. The van der Waals surface area contributed by atoms with Gasteiger partial charge in [0.2, 0.25) is 5.91 Å². The molecule has 1 rings (SSSR count). The third-order valence-corrected chi connectivity index (χ3v) is 4.36. The molecule has 2 atom stereocenters. The summed E-state index contributed by atoms with van der Waals surface area (Å²) in [6.07, 6.45) is 2.68. The average Bonchev–Trinajstić information content (AvgIpc) is 2.81. The Morgan fingerprint density at radius 3 is 2.65 bits per heavy atom. The topological polar surface area (TPSA) is 69.6 Å². The minimum atomic E-state index is -1.14. The van der Waals surface area contributed by atoms with E-state index in [0.717, 1.165) is 25.9 Å². The van der Waals surface area contributed by atoms with E-state index in [2.05, 4.69) is 5.32 Å². The molecule has 0 aromatic heterocycles. The maximum Gasteiger partial charge on any atom is 0.235 e. The summed E-state index contributed by atoms with van der Waals surface area (Å²) in [5, 5.41) is 11.8. The van der Waals surface area contributed by atoms with Gasteiger partial charge in [-0.05, 0) is 26.3 Å². The molecule has 1 aliphatic heterocycles. The van der Waals surface area contributed by atoms with E-state index in [1.54, 1.807) is 11.9 Å². The lowest BCUT2D eigenvalue weighted by atomic mass is 10.2. The van der Waals surface area contributed by atoms with E-state index in [0.29, 0.717) is 12.2 Å². The zero-order chi connectivity index (χ0) is 12.7. The van der Waals surface area contributed by atoms with Crippen molar-refractivity contribution in [3.63, 3.8) is 0 Å². The van der Waals surface area contributed by atoms with Gasteiger partial charge in [0.25, 0.3) is 0 Å². The van der Waals surface area contributed by atoms with Gasteiger partial charge in [-0.1, -0.05) is 0 Å². The number of hydrogen-bond acceptors (Lipinski definition) is 4. The highest BCUT2D eigenvalue weighted by atomic mass is 32.2. The first kappa shape index (κ1) is 14.6. The number of nitrogens with zero attached hydrogens (tertiary/aromatic N) is 1. The Morgan fingerprint density at radius 1 is 1.47 bits per heavy atom. The highest BCUT2D eigenvalue weighted by Gasteiger charge is 2.20. The quantitative estimate of drug-likeness (QED) is 0.638. The lowest BCUT2D eigenvalue weighted by Gasteiger charge is -2.17. The number of aliphatic hydroxyl groups excluding tert-OH is 1. The summed E-state index contributed by atoms with van der Waals surface area (Å²) < 4.78 is 11.8. The summed E-state index contributed by atoms with van der Waals surface area (Å²) in [7, 11) is 0.635. The number of likely N-dealkylation sites (tertiary alicyclic amines) is 1. The van der Waals surface area contributed by atoms with Crippen molar-refractivity contribution in [2.45, 2.75) is 25.3 Å². The van der Waals surface area contributed by atoms with Crippen molar-refractivity contribution in [3.8, 4) is 0 Å². The third kappa shape index (κ3) is 5.14. The van der Waals surface area contributed by atoms with Crippen LogP contribution in [-0.4, -0.2) is 64.4 Å². The monoisotopic (exact) mass is 262 g/mol. The summed E-state index contributed by atoms with van der Waals surface area (Å²) in [5.74, 6) is 0.542. The Hall–Kier alpha value is -0.460. The number of aliphatic hydroxyl groups is 1. The number of carbonyl (C=O) groups is 1. The molecule has 2 unspecified atom stereocenters. The fourth-order valence-electron chi connectivity index (χ4n) is 1.95. The summed E-state index contributed by atoms with van der Waals surface area (Å²) in [4.78, 5) is 13.5. The number of hydrogen-bond donors (Lipinski definition) is 2. The van der Waals surface area contributed by atoms with Crippen molar-refractivity contribution in [2.24, 2.45) is 0 Å². The minimum Gasteiger partial charge on any atom is -0.396 e. The van der Waals surface area contributed by atoms with Crippen LogP contribution in [0.3, 0.4) is 0 Å². The highest BCUT2D eigenvalue weighted by Crippen LogP contribution is 2.08. The van der Waals surface area contributed by atoms with E-state index in [9.17, 15) is 9.00 Å². The van der Waals surface area contributed by atoms with Crippen LogP contribution >= 0.6 is 0 Å². The van der Waals surface area contributed by atoms with Crippen LogP contribution < -0.4 is 5.32 Å². The minimum absolute atomic E-state index is 0.000292. The second kappa shape index (κ2) is 7.79. The van der Waals surface area contributed by atoms with Crippen LogP contribution in [-0.2, 0) is 15.6 Å². The fourth-order valence-corrected chi connectivity index (χ4v) is 3.30. The first-order chi connectivity index (χ1) is 8.17. The molecule has 0 radical (unpaired) electrons. The predicted octanol–water partition coefficient (Wildman–Crippen LogP) is -0.672. The molecule has 0 bridgehead atoms. The molecule has 6 heteroatoms. The van der Waals surface area contributed by atoms with Gasteiger partial charge in [0.15, 0.2) is 0 Å². The second-order valence-corrected chi connectivity index (χ2v) is 5.84. The van der Waals surface area contributed by atoms with E-state index >= 15 is 0 Å². The molecule has 0 aromatic carbocycles. The molecular formula is C11H22N2O3S. The van der Waals surface area contributed by atoms with Gasteiger partial charge in [-0.25, -0.2) is 0 Å². The Morgan fingerprint density at radius 2 is 2.12 bits per heavy atom. The Labute approximate surface area is 105 Å². The van der Waals surface area contributed by atoms with Gasteiger partial charge < -0.3 is 15.3 Å². The van der Waals surface area contributed by atoms with Crippen LogP contribution in [0.15, 0.2) is 0 Å². The molecule has 1 aliphatic rings. The smallest absolute Gasteiger partial charge is 0.235 e. The van der Waals surface area contributed by atoms with Gasteiger partial charge >= 0.3 is 0 Å². The molecule has 17 heavy (non-hydrogen) atoms. The molecule has 2 N–H and O–H groups in total. The Kier molecular flexibility index (Phi) is 6.69. The molecule has 0 saturated carbocycles. The lowest BCUT2D eigenvalue weighted by molar-refractivity contribution is -0.127. The number of amides is 1. The summed E-state index contributed by atoms with van der Waals surface area (Å²) in [6.45, 7) is 1.69. The zero-order valence-electron chi connectivity index (χ0n) is 10.4. The van der Waals surface area contributed by atoms with Gasteiger partial charge in [-0.2, -0.15) is 0 Å². The van der Waals surface area contributed by atoms with E-state index in [4.69, 9.17) is 5.11 Å². The Balaban J connectivity index is 2.29. The molecule has 1 amide bonds. The lowest BCUT2D eigenvalue weighted by Crippen LogP contribution is -2.36. The normalized spacial score (nSPS) is 19.3. The molecule has 0 spiro atoms. The molecule has 1 fully saturated rings. The van der Waals surface area contributed by atoms with Gasteiger partial charge in [-0.15, -0.1) is 0 Å². The maximum absolute atomic E-state index is 11.8. The molecule has 1 heterocycles. The summed E-state index contributed by atoms with van der Waals surface area (Å²) >= 11 is 0. The maximum atomic E-state index is 11.8. The van der Waals surface area contributed by atoms with Gasteiger partial charge in [0, 0.05) is 42.3 Å². The van der Waals surface area contributed by atoms with Crippen LogP contribution in [0.2, 0.25) is 0 Å². The fraction of sp³-hybridized carbons (Fsp3) is 0.909. The first-order valence-corrected chi connectivity index (χ1v) is 7.57. The molecule has 0 aliphatic carbocycles. The van der Waals surface area contributed by atoms with Crippen molar-refractivity contribution in [1.82, 2.24) is 10.2 Å². The number of nitrogens with one attached hydrogen (secondary N) is 1. The number of rotatable bonds is 7. The van der Waals surface area contributed by atoms with Crippen LogP contribution in [0.5, 0.6) is 0 Å². The first-order valence-electron chi connectivity index (χ1n) is 6.08. The van der Waals surface area contributed by atoms with Crippen molar-refractivity contribution in [2.75, 3.05) is 38.2 Å². The second-order valence-electron chi connectivity index (χ2n) is 4.34. The van der Waals surface area contributed by atoms with Crippen LogP contribution in [0.1, 0.15) is 19.3 Å². The summed E-state index contributed by atoms with van der Waals surface area (Å²) in [6, 6.07) is 0.0206. The van der Waals surface area contributed by atoms with Crippen molar-refractivity contribution in [3.05, 3.63) is 0 Å². The average molecular weight is 262 g/mol. The predicted molar refractivity (Wildman–Crippen MR) is 68.2 cm³/mol. The van der Waals surface area contributed by atoms with Crippen molar-refractivity contribution >= 4 is 16.7 Å². The SMILES string of the molecule is CNC(CCO)CS(=O)CC(=O)N1CCCC1. The van der Waals surface area contributed by atoms with Gasteiger partial charge in [0.1, 0.15) is 5.75 Å². The summed E-state index contributed by atoms with van der Waals surface area (Å²) in [5.41, 5.74) is 0. The van der Waals surface area contributed by atoms with Gasteiger partial charge in [-0.3, -0.25) is 9.00 Å². The molecule has 100 valence electrons. The highest BCUT2D eigenvalue weighted by molar-refractivity contribution is 7.85. The molecule has 0 aromatic rings. The molecule has 1 saturated heterocycles. The zero-order valence-corrected chi connectivity index (χ0v) is 11.2. The van der Waals surface area contributed by atoms with Crippen LogP contribution in [0.4, 0.5) is 0 Å². The standard InChI is InChI=1S/C11H22N2O3S/c1-12-10(4-7-14)8-17(16)9-11(15)13-5-2-3-6-13/h10,12,14H,2-9H2,1H3. The Bertz CT molecular complexity index is 267. The van der Waals surface area contributed by atoms with Crippen LogP contribution in [0, 0.1) is 0 Å². The molecular weight excluding hydrogens is 240 g/mol. The third-order valence-electron chi connectivity index (χ3n) is 3.02. The van der Waals surface area contributed by atoms with E-state index in [1.165, 1.54) is 0 Å². The van der Waals surface area contributed by atoms with E-state index in [-0.39, 0.29) is 24.3 Å². The van der Waals surface area contributed by atoms with Gasteiger partial charge in [0.05, 0.1) is 0 Å². The van der Waals surface area contributed by atoms with Crippen LogP contribution in [0.25, 0.3) is 0 Å². The van der Waals surface area contributed by atoms with E-state index in [1.807, 2.05) is 0 Å². The largest absolute Gasteiger partial charge is 0.396 e. The van der Waals surface area contributed by atoms with Crippen molar-refractivity contribution < 1.29 is 14.1 Å². The van der Waals surface area contributed by atoms with E-state index < -0.39 is 10.8 Å². The van der Waals surface area contributed by atoms with Crippen molar-refractivity contribution in [1.29, 1.82) is 0 Å². The number of carbonyl (C=O) groups excluding carboxylic acids is 1.